The highest BCUT2D eigenvalue weighted by Crippen LogP contribution is 2.17. The number of nitrogens with zero attached hydrogens (tertiary/aromatic N) is 2. The van der Waals surface area contributed by atoms with Crippen molar-refractivity contribution < 1.29 is 0 Å². The summed E-state index contributed by atoms with van der Waals surface area (Å²) in [7, 11) is 0. The molecule has 0 spiro atoms. The SMILES string of the molecule is CCCc1nccn1-c1cc(C)cc(N)c1. The molecule has 3 heteroatoms. The predicted molar refractivity (Wildman–Crippen MR) is 66.7 cm³/mol. The molecule has 0 saturated heterocycles. The van der Waals surface area contributed by atoms with E-state index in [9.17, 15) is 0 Å². The van der Waals surface area contributed by atoms with Gasteiger partial charge in [0.15, 0.2) is 0 Å². The van der Waals surface area contributed by atoms with Crippen molar-refractivity contribution in [3.8, 4) is 5.69 Å². The zero-order valence-corrected chi connectivity index (χ0v) is 9.77. The Morgan fingerprint density at radius 2 is 2.12 bits per heavy atom. The normalized spacial score (nSPS) is 10.6. The molecule has 3 nitrogen and oxygen atoms in total. The molecule has 0 aliphatic carbocycles. The third-order valence-corrected chi connectivity index (χ3v) is 2.55. The molecule has 0 saturated carbocycles. The molecule has 84 valence electrons. The van der Waals surface area contributed by atoms with Gasteiger partial charge in [-0.2, -0.15) is 0 Å². The fraction of sp³-hybridized carbons (Fsp3) is 0.308. The van der Waals surface area contributed by atoms with E-state index < -0.39 is 0 Å². The molecule has 0 unspecified atom stereocenters. The van der Waals surface area contributed by atoms with Gasteiger partial charge in [-0.3, -0.25) is 0 Å². The third kappa shape index (κ3) is 2.08. The number of imidazole rings is 1. The highest BCUT2D eigenvalue weighted by molar-refractivity contribution is 5.51. The summed E-state index contributed by atoms with van der Waals surface area (Å²) >= 11 is 0. The average molecular weight is 215 g/mol. The topological polar surface area (TPSA) is 43.8 Å². The predicted octanol–water partition coefficient (Wildman–Crippen LogP) is 2.72. The highest BCUT2D eigenvalue weighted by atomic mass is 15.1. The molecule has 1 heterocycles. The van der Waals surface area contributed by atoms with Crippen LogP contribution in [0.2, 0.25) is 0 Å². The lowest BCUT2D eigenvalue weighted by molar-refractivity contribution is 0.809. The Labute approximate surface area is 95.9 Å². The van der Waals surface area contributed by atoms with Gasteiger partial charge in [0.1, 0.15) is 5.82 Å². The maximum absolute atomic E-state index is 5.86. The zero-order valence-electron chi connectivity index (χ0n) is 9.77. The Morgan fingerprint density at radius 3 is 2.81 bits per heavy atom. The van der Waals surface area contributed by atoms with E-state index >= 15 is 0 Å². The number of rotatable bonds is 3. The van der Waals surface area contributed by atoms with Crippen molar-refractivity contribution in [2.24, 2.45) is 0 Å². The van der Waals surface area contributed by atoms with Crippen LogP contribution in [0.4, 0.5) is 5.69 Å². The maximum atomic E-state index is 5.86. The fourth-order valence-electron chi connectivity index (χ4n) is 1.91. The molecule has 2 rings (SSSR count). The van der Waals surface area contributed by atoms with E-state index in [0.29, 0.717) is 0 Å². The molecule has 1 aromatic heterocycles. The van der Waals surface area contributed by atoms with Gasteiger partial charge in [0.05, 0.1) is 0 Å². The monoisotopic (exact) mass is 215 g/mol. The van der Waals surface area contributed by atoms with Crippen molar-refractivity contribution in [3.63, 3.8) is 0 Å². The second-order valence-electron chi connectivity index (χ2n) is 4.07. The molecule has 0 fully saturated rings. The van der Waals surface area contributed by atoms with Crippen LogP contribution >= 0.6 is 0 Å². The van der Waals surface area contributed by atoms with Gasteiger partial charge in [-0.05, 0) is 37.1 Å². The fourth-order valence-corrected chi connectivity index (χ4v) is 1.91. The molecule has 0 aliphatic heterocycles. The number of anilines is 1. The number of aromatic nitrogens is 2. The first kappa shape index (κ1) is 10.7. The van der Waals surface area contributed by atoms with Crippen molar-refractivity contribution in [2.45, 2.75) is 26.7 Å². The van der Waals surface area contributed by atoms with Crippen LogP contribution in [0.15, 0.2) is 30.6 Å². The van der Waals surface area contributed by atoms with E-state index in [1.54, 1.807) is 0 Å². The minimum Gasteiger partial charge on any atom is -0.399 e. The smallest absolute Gasteiger partial charge is 0.113 e. The number of nitrogen functional groups attached to an aromatic ring is 1. The second kappa shape index (κ2) is 4.39. The lowest BCUT2D eigenvalue weighted by atomic mass is 10.2. The van der Waals surface area contributed by atoms with Crippen LogP contribution < -0.4 is 5.73 Å². The van der Waals surface area contributed by atoms with Crippen molar-refractivity contribution >= 4 is 5.69 Å². The first-order valence-electron chi connectivity index (χ1n) is 5.60. The molecular formula is C13H17N3. The van der Waals surface area contributed by atoms with Gasteiger partial charge in [0.25, 0.3) is 0 Å². The molecule has 16 heavy (non-hydrogen) atoms. The Morgan fingerprint density at radius 1 is 1.31 bits per heavy atom. The molecule has 0 radical (unpaired) electrons. The van der Waals surface area contributed by atoms with E-state index in [2.05, 4.69) is 29.5 Å². The summed E-state index contributed by atoms with van der Waals surface area (Å²) < 4.78 is 2.10. The number of nitrogens with two attached hydrogens (primary N) is 1. The Bertz CT molecular complexity index is 465. The van der Waals surface area contributed by atoms with E-state index in [1.165, 1.54) is 5.56 Å². The van der Waals surface area contributed by atoms with E-state index in [1.807, 2.05) is 24.5 Å². The van der Waals surface area contributed by atoms with Crippen LogP contribution in [0, 0.1) is 6.92 Å². The quantitative estimate of drug-likeness (QED) is 0.800. The molecule has 0 atom stereocenters. The molecular weight excluding hydrogens is 198 g/mol. The molecule has 2 aromatic rings. The standard InChI is InChI=1S/C13H17N3/c1-3-4-13-15-5-6-16(13)12-8-10(2)7-11(14)9-12/h5-9H,3-4,14H2,1-2H3. The average Bonchev–Trinajstić information content (AvgIpc) is 2.65. The summed E-state index contributed by atoms with van der Waals surface area (Å²) in [6.45, 7) is 4.21. The van der Waals surface area contributed by atoms with Gasteiger partial charge in [0.2, 0.25) is 0 Å². The Balaban J connectivity index is 2.45. The molecule has 0 aliphatic rings. The van der Waals surface area contributed by atoms with Crippen LogP contribution in [0.3, 0.4) is 0 Å². The minimum atomic E-state index is 0.797. The van der Waals surface area contributed by atoms with Gasteiger partial charge < -0.3 is 10.3 Å². The summed E-state index contributed by atoms with van der Waals surface area (Å²) in [5.41, 5.74) is 8.92. The van der Waals surface area contributed by atoms with Crippen molar-refractivity contribution in [1.82, 2.24) is 9.55 Å². The minimum absolute atomic E-state index is 0.797. The summed E-state index contributed by atoms with van der Waals surface area (Å²) in [6, 6.07) is 6.07. The molecule has 0 bridgehead atoms. The Kier molecular flexibility index (Phi) is 2.95. The largest absolute Gasteiger partial charge is 0.399 e. The first-order valence-corrected chi connectivity index (χ1v) is 5.60. The first-order chi connectivity index (χ1) is 7.70. The lowest BCUT2D eigenvalue weighted by Crippen LogP contribution is -2.01. The molecule has 1 aromatic carbocycles. The second-order valence-corrected chi connectivity index (χ2v) is 4.07. The van der Waals surface area contributed by atoms with E-state index in [0.717, 1.165) is 30.0 Å². The van der Waals surface area contributed by atoms with E-state index in [4.69, 9.17) is 5.73 Å². The summed E-state index contributed by atoms with van der Waals surface area (Å²) in [5, 5.41) is 0. The van der Waals surface area contributed by atoms with E-state index in [-0.39, 0.29) is 0 Å². The summed E-state index contributed by atoms with van der Waals surface area (Å²) in [6.07, 6.45) is 5.90. The summed E-state index contributed by atoms with van der Waals surface area (Å²) in [4.78, 5) is 4.36. The van der Waals surface area contributed by atoms with Gasteiger partial charge in [-0.1, -0.05) is 6.92 Å². The Hall–Kier alpha value is -1.77. The number of hydrogen-bond acceptors (Lipinski definition) is 2. The van der Waals surface area contributed by atoms with Crippen molar-refractivity contribution in [3.05, 3.63) is 42.0 Å². The van der Waals surface area contributed by atoms with Gasteiger partial charge in [-0.15, -0.1) is 0 Å². The van der Waals surface area contributed by atoms with Crippen LogP contribution in [0.5, 0.6) is 0 Å². The van der Waals surface area contributed by atoms with Crippen molar-refractivity contribution in [2.75, 3.05) is 5.73 Å². The number of benzene rings is 1. The van der Waals surface area contributed by atoms with Gasteiger partial charge in [-0.25, -0.2) is 4.98 Å². The number of aryl methyl sites for hydroxylation is 2. The van der Waals surface area contributed by atoms with Crippen molar-refractivity contribution in [1.29, 1.82) is 0 Å². The zero-order chi connectivity index (χ0) is 11.5. The van der Waals surface area contributed by atoms with Gasteiger partial charge >= 0.3 is 0 Å². The maximum Gasteiger partial charge on any atom is 0.113 e. The third-order valence-electron chi connectivity index (χ3n) is 2.55. The number of hydrogen-bond donors (Lipinski definition) is 1. The van der Waals surface area contributed by atoms with Crippen LogP contribution in [-0.2, 0) is 6.42 Å². The summed E-state index contributed by atoms with van der Waals surface area (Å²) in [5.74, 6) is 1.09. The van der Waals surface area contributed by atoms with Crippen LogP contribution in [0.25, 0.3) is 5.69 Å². The van der Waals surface area contributed by atoms with Gasteiger partial charge in [0, 0.05) is 30.2 Å². The molecule has 0 amide bonds. The highest BCUT2D eigenvalue weighted by Gasteiger charge is 2.04. The van der Waals surface area contributed by atoms with Crippen LogP contribution in [-0.4, -0.2) is 9.55 Å². The lowest BCUT2D eigenvalue weighted by Gasteiger charge is -2.09. The van der Waals surface area contributed by atoms with Crippen LogP contribution in [0.1, 0.15) is 24.7 Å². The molecule has 2 N–H and O–H groups in total.